The van der Waals surface area contributed by atoms with Gasteiger partial charge in [0.05, 0.1) is 30.9 Å². The van der Waals surface area contributed by atoms with E-state index in [9.17, 15) is 9.18 Å². The molecule has 2 aromatic heterocycles. The average Bonchev–Trinajstić information content (AvgIpc) is 3.28. The van der Waals surface area contributed by atoms with Gasteiger partial charge >= 0.3 is 0 Å². The zero-order chi connectivity index (χ0) is 25.6. The molecule has 0 atom stereocenters. The molecule has 1 N–H and O–H groups in total. The normalized spacial score (nSPS) is 11.0. The number of imidazole rings is 1. The number of nitrogens with zero attached hydrogens (tertiary/aromatic N) is 3. The molecule has 0 aliphatic rings. The molecule has 1 amide bonds. The van der Waals surface area contributed by atoms with Crippen molar-refractivity contribution < 1.29 is 13.9 Å². The van der Waals surface area contributed by atoms with Crippen LogP contribution in [-0.4, -0.2) is 27.6 Å². The smallest absolute Gasteiger partial charge is 0.251 e. The van der Waals surface area contributed by atoms with E-state index >= 15 is 0 Å². The Balaban J connectivity index is 1.29. The van der Waals surface area contributed by atoms with Crippen molar-refractivity contribution >= 4 is 28.7 Å². The van der Waals surface area contributed by atoms with Gasteiger partial charge in [0.25, 0.3) is 5.91 Å². The van der Waals surface area contributed by atoms with E-state index in [-0.39, 0.29) is 18.3 Å². The van der Waals surface area contributed by atoms with Crippen LogP contribution >= 0.6 is 11.8 Å². The first-order valence-corrected chi connectivity index (χ1v) is 12.7. The summed E-state index contributed by atoms with van der Waals surface area (Å²) in [4.78, 5) is 21.7. The molecular formula is C29H25FN4O2S. The number of methoxy groups -OCH3 is 1. The van der Waals surface area contributed by atoms with Crippen LogP contribution in [0.15, 0.2) is 96.4 Å². The van der Waals surface area contributed by atoms with Crippen LogP contribution in [0.5, 0.6) is 5.75 Å². The Morgan fingerprint density at radius 1 is 1.00 bits per heavy atom. The van der Waals surface area contributed by atoms with Crippen LogP contribution in [0.4, 0.5) is 4.39 Å². The van der Waals surface area contributed by atoms with Gasteiger partial charge in [-0.25, -0.2) is 9.37 Å². The van der Waals surface area contributed by atoms with E-state index in [2.05, 4.69) is 27.0 Å². The number of aromatic nitrogens is 3. The van der Waals surface area contributed by atoms with Crippen molar-refractivity contribution in [3.8, 4) is 5.75 Å². The number of hydrogen-bond acceptors (Lipinski definition) is 5. The number of carbonyl (C=O) groups excluding carboxylic acids is 1. The average molecular weight is 513 g/mol. The molecule has 0 saturated heterocycles. The van der Waals surface area contributed by atoms with Gasteiger partial charge in [-0.15, -0.1) is 0 Å². The van der Waals surface area contributed by atoms with Crippen LogP contribution in [-0.2, 0) is 18.8 Å². The third-order valence-corrected chi connectivity index (χ3v) is 6.99. The van der Waals surface area contributed by atoms with Crippen LogP contribution in [0, 0.1) is 5.82 Å². The number of halogens is 1. The molecule has 0 aliphatic heterocycles. The van der Waals surface area contributed by atoms with E-state index in [1.165, 1.54) is 17.7 Å². The van der Waals surface area contributed by atoms with E-state index in [1.807, 2.05) is 36.5 Å². The Kier molecular flexibility index (Phi) is 7.46. The molecule has 0 saturated carbocycles. The van der Waals surface area contributed by atoms with Crippen LogP contribution in [0.3, 0.4) is 0 Å². The zero-order valence-corrected chi connectivity index (χ0v) is 21.0. The van der Waals surface area contributed by atoms with Gasteiger partial charge in [-0.2, -0.15) is 0 Å². The van der Waals surface area contributed by atoms with E-state index < -0.39 is 0 Å². The first kappa shape index (κ1) is 24.5. The summed E-state index contributed by atoms with van der Waals surface area (Å²) in [5, 5.41) is 3.74. The number of pyridine rings is 1. The molecule has 0 aliphatic carbocycles. The third kappa shape index (κ3) is 5.98. The van der Waals surface area contributed by atoms with Gasteiger partial charge in [0.1, 0.15) is 11.6 Å². The summed E-state index contributed by atoms with van der Waals surface area (Å²) >= 11 is 1.66. The zero-order valence-electron chi connectivity index (χ0n) is 20.2. The first-order valence-electron chi connectivity index (χ1n) is 11.8. The molecule has 2 heterocycles. The van der Waals surface area contributed by atoms with Gasteiger partial charge in [0.15, 0.2) is 5.16 Å². The number of benzene rings is 3. The van der Waals surface area contributed by atoms with Gasteiger partial charge in [-0.3, -0.25) is 9.78 Å². The maximum Gasteiger partial charge on any atom is 0.251 e. The molecule has 0 unspecified atom stereocenters. The fourth-order valence-electron chi connectivity index (χ4n) is 3.96. The molecule has 3 aromatic carbocycles. The van der Waals surface area contributed by atoms with Crippen LogP contribution in [0.1, 0.15) is 27.0 Å². The minimum absolute atomic E-state index is 0.205. The van der Waals surface area contributed by atoms with Crippen LogP contribution in [0.2, 0.25) is 0 Å². The van der Waals surface area contributed by atoms with Crippen molar-refractivity contribution in [2.75, 3.05) is 7.11 Å². The van der Waals surface area contributed by atoms with E-state index in [1.54, 1.807) is 49.3 Å². The molecule has 0 bridgehead atoms. The monoisotopic (exact) mass is 512 g/mol. The van der Waals surface area contributed by atoms with Gasteiger partial charge in [-0.1, -0.05) is 48.2 Å². The second-order valence-corrected chi connectivity index (χ2v) is 9.43. The first-order chi connectivity index (χ1) is 18.1. The number of hydrogen-bond donors (Lipinski definition) is 1. The van der Waals surface area contributed by atoms with Crippen molar-refractivity contribution in [1.29, 1.82) is 0 Å². The summed E-state index contributed by atoms with van der Waals surface area (Å²) in [7, 11) is 1.66. The van der Waals surface area contributed by atoms with E-state index in [0.717, 1.165) is 33.3 Å². The Labute approximate surface area is 218 Å². The number of thioether (sulfide) groups is 1. The lowest BCUT2D eigenvalue weighted by atomic mass is 10.1. The van der Waals surface area contributed by atoms with Gasteiger partial charge in [0.2, 0.25) is 0 Å². The number of fused-ring (bicyclic) bond motifs is 1. The number of carbonyl (C=O) groups is 1. The second kappa shape index (κ2) is 11.3. The molecule has 0 radical (unpaired) electrons. The third-order valence-electron chi connectivity index (χ3n) is 5.94. The van der Waals surface area contributed by atoms with Crippen LogP contribution in [0.25, 0.3) is 11.0 Å². The summed E-state index contributed by atoms with van der Waals surface area (Å²) in [5.41, 5.74) is 5.32. The second-order valence-electron chi connectivity index (χ2n) is 8.49. The fraction of sp³-hybridized carbons (Fsp3) is 0.138. The number of rotatable bonds is 9. The quantitative estimate of drug-likeness (QED) is 0.251. The highest BCUT2D eigenvalue weighted by molar-refractivity contribution is 7.98. The molecule has 0 fully saturated rings. The predicted molar refractivity (Wildman–Crippen MR) is 143 cm³/mol. The molecule has 186 valence electrons. The van der Waals surface area contributed by atoms with Crippen LogP contribution < -0.4 is 10.1 Å². The van der Waals surface area contributed by atoms with Crippen molar-refractivity contribution in [1.82, 2.24) is 19.9 Å². The van der Waals surface area contributed by atoms with Gasteiger partial charge < -0.3 is 14.6 Å². The molecule has 37 heavy (non-hydrogen) atoms. The van der Waals surface area contributed by atoms with E-state index in [4.69, 9.17) is 9.72 Å². The maximum absolute atomic E-state index is 13.4. The van der Waals surface area contributed by atoms with Crippen molar-refractivity contribution in [2.24, 2.45) is 0 Å². The topological polar surface area (TPSA) is 69.0 Å². The van der Waals surface area contributed by atoms with Crippen molar-refractivity contribution in [2.45, 2.75) is 24.0 Å². The molecule has 8 heteroatoms. The van der Waals surface area contributed by atoms with Crippen molar-refractivity contribution in [3.63, 3.8) is 0 Å². The maximum atomic E-state index is 13.4. The Hall–Kier alpha value is -4.17. The predicted octanol–water partition coefficient (Wildman–Crippen LogP) is 5.85. The SMILES string of the molecule is COc1ccc(CSc2nc3ccncc3n2Cc2ccc(C(=O)NCc3cccc(F)c3)cc2)cc1. The number of amides is 1. The highest BCUT2D eigenvalue weighted by Gasteiger charge is 2.13. The van der Waals surface area contributed by atoms with Crippen molar-refractivity contribution in [3.05, 3.63) is 119 Å². The molecule has 5 rings (SSSR count). The van der Waals surface area contributed by atoms with E-state index in [0.29, 0.717) is 17.7 Å². The lowest BCUT2D eigenvalue weighted by molar-refractivity contribution is 0.0951. The van der Waals surface area contributed by atoms with Gasteiger partial charge in [0, 0.05) is 24.1 Å². The largest absolute Gasteiger partial charge is 0.497 e. The summed E-state index contributed by atoms with van der Waals surface area (Å²) < 4.78 is 20.8. The lowest BCUT2D eigenvalue weighted by Crippen LogP contribution is -2.22. The molecule has 6 nitrogen and oxygen atoms in total. The summed E-state index contributed by atoms with van der Waals surface area (Å²) in [6.45, 7) is 0.861. The highest BCUT2D eigenvalue weighted by atomic mass is 32.2. The standard InChI is InChI=1S/C29H25FN4O2S/c1-36-25-11-7-21(8-12-25)19-37-29-33-26-13-14-31-17-27(26)34(29)18-20-5-9-23(10-6-20)28(35)32-16-22-3-2-4-24(30)15-22/h2-15,17H,16,18-19H2,1H3,(H,32,35). The fourth-order valence-corrected chi connectivity index (χ4v) is 4.93. The summed E-state index contributed by atoms with van der Waals surface area (Å²) in [6, 6.07) is 23.6. The summed E-state index contributed by atoms with van der Waals surface area (Å²) in [5.74, 6) is 1.08. The molecule has 5 aromatic rings. The Morgan fingerprint density at radius 2 is 1.78 bits per heavy atom. The molecular weight excluding hydrogens is 487 g/mol. The molecule has 0 spiro atoms. The number of nitrogens with one attached hydrogen (secondary N) is 1. The lowest BCUT2D eigenvalue weighted by Gasteiger charge is -2.10. The Bertz CT molecular complexity index is 1520. The minimum atomic E-state index is -0.320. The number of ether oxygens (including phenoxy) is 1. The summed E-state index contributed by atoms with van der Waals surface area (Å²) in [6.07, 6.45) is 3.57. The highest BCUT2D eigenvalue weighted by Crippen LogP contribution is 2.28. The van der Waals surface area contributed by atoms with Gasteiger partial charge in [-0.05, 0) is 59.2 Å². The Morgan fingerprint density at radius 3 is 2.54 bits per heavy atom. The minimum Gasteiger partial charge on any atom is -0.497 e.